The average molecular weight is 508 g/mol. The number of amides is 3. The van der Waals surface area contributed by atoms with E-state index >= 15 is 0 Å². The van der Waals surface area contributed by atoms with E-state index in [1.54, 1.807) is 37.4 Å². The molecule has 0 aliphatic heterocycles. The van der Waals surface area contributed by atoms with Gasteiger partial charge in [0.05, 0.1) is 0 Å². The molecule has 0 saturated heterocycles. The first kappa shape index (κ1) is 30.8. The number of nitrogens with zero attached hydrogens (tertiary/aromatic N) is 1. The van der Waals surface area contributed by atoms with Crippen molar-refractivity contribution in [2.75, 3.05) is 18.6 Å². The molecule has 1 rings (SSSR count). The number of ether oxygens (including phenoxy) is 1. The van der Waals surface area contributed by atoms with Crippen LogP contribution in [0, 0.1) is 0 Å². The fourth-order valence-electron chi connectivity index (χ4n) is 3.84. The van der Waals surface area contributed by atoms with Crippen LogP contribution in [0.1, 0.15) is 84.9 Å². The molecule has 2 N–H and O–H groups in total. The van der Waals surface area contributed by atoms with Gasteiger partial charge in [-0.1, -0.05) is 44.5 Å². The van der Waals surface area contributed by atoms with Crippen LogP contribution in [0.25, 0.3) is 0 Å². The molecule has 0 aromatic heterocycles. The molecule has 35 heavy (non-hydrogen) atoms. The van der Waals surface area contributed by atoms with Gasteiger partial charge in [-0.2, -0.15) is 11.8 Å². The minimum Gasteiger partial charge on any atom is -0.444 e. The molecule has 7 nitrogen and oxygen atoms in total. The summed E-state index contributed by atoms with van der Waals surface area (Å²) in [6.07, 6.45) is 4.43. The van der Waals surface area contributed by atoms with Gasteiger partial charge >= 0.3 is 6.09 Å². The number of thioether (sulfide) groups is 1. The summed E-state index contributed by atoms with van der Waals surface area (Å²) >= 11 is 1.59. The summed E-state index contributed by atoms with van der Waals surface area (Å²) < 4.78 is 5.40. The zero-order valence-electron chi connectivity index (χ0n) is 22.8. The third-order valence-electron chi connectivity index (χ3n) is 5.60. The van der Waals surface area contributed by atoms with Crippen molar-refractivity contribution in [3.8, 4) is 0 Å². The van der Waals surface area contributed by atoms with Crippen LogP contribution in [-0.4, -0.2) is 59.0 Å². The Kier molecular flexibility index (Phi) is 13.2. The lowest BCUT2D eigenvalue weighted by Gasteiger charge is -2.34. The van der Waals surface area contributed by atoms with Crippen molar-refractivity contribution in [2.45, 2.75) is 97.9 Å². The van der Waals surface area contributed by atoms with Gasteiger partial charge in [0.1, 0.15) is 17.7 Å². The van der Waals surface area contributed by atoms with Gasteiger partial charge in [0.2, 0.25) is 11.8 Å². The Balaban J connectivity index is 3.33. The van der Waals surface area contributed by atoms with Gasteiger partial charge in [0.15, 0.2) is 0 Å². The zero-order valence-corrected chi connectivity index (χ0v) is 23.6. The highest BCUT2D eigenvalue weighted by Gasteiger charge is 2.35. The van der Waals surface area contributed by atoms with Crippen LogP contribution in [0.4, 0.5) is 4.79 Å². The van der Waals surface area contributed by atoms with Crippen LogP contribution in [0.15, 0.2) is 24.3 Å². The van der Waals surface area contributed by atoms with E-state index in [4.69, 9.17) is 4.74 Å². The molecule has 0 aliphatic carbocycles. The Morgan fingerprint density at radius 2 is 1.66 bits per heavy atom. The molecule has 3 unspecified atom stereocenters. The van der Waals surface area contributed by atoms with Gasteiger partial charge in [-0.25, -0.2) is 4.79 Å². The highest BCUT2D eigenvalue weighted by Crippen LogP contribution is 2.24. The third kappa shape index (κ3) is 10.5. The number of nitrogens with one attached hydrogen (secondary N) is 2. The molecule has 1 aromatic rings. The molecule has 0 aliphatic rings. The summed E-state index contributed by atoms with van der Waals surface area (Å²) in [6, 6.07) is 6.22. The van der Waals surface area contributed by atoms with E-state index in [-0.39, 0.29) is 17.9 Å². The fraction of sp³-hybridized carbons (Fsp3) is 0.667. The number of hydrogen-bond donors (Lipinski definition) is 2. The average Bonchev–Trinajstić information content (AvgIpc) is 2.78. The van der Waals surface area contributed by atoms with E-state index in [1.165, 1.54) is 0 Å². The van der Waals surface area contributed by atoms with Crippen LogP contribution < -0.4 is 10.6 Å². The van der Waals surface area contributed by atoms with Crippen LogP contribution in [-0.2, 0) is 20.7 Å². The Morgan fingerprint density at radius 1 is 1.03 bits per heavy atom. The lowest BCUT2D eigenvalue weighted by molar-refractivity contribution is -0.142. The molecule has 0 fully saturated rings. The van der Waals surface area contributed by atoms with Crippen molar-refractivity contribution in [1.82, 2.24) is 15.5 Å². The Bertz CT molecular complexity index is 808. The van der Waals surface area contributed by atoms with Crippen molar-refractivity contribution in [3.05, 3.63) is 35.4 Å². The second kappa shape index (κ2) is 15.0. The summed E-state index contributed by atoms with van der Waals surface area (Å²) in [4.78, 5) is 41.4. The van der Waals surface area contributed by atoms with Gasteiger partial charge in [-0.05, 0) is 77.0 Å². The maximum Gasteiger partial charge on any atom is 0.408 e. The molecule has 0 bridgehead atoms. The number of likely N-dealkylation sites (N-methyl/N-ethyl adjacent to an activating group) is 1. The van der Waals surface area contributed by atoms with E-state index in [0.717, 1.165) is 30.4 Å². The van der Waals surface area contributed by atoms with E-state index in [2.05, 4.69) is 24.5 Å². The molecule has 0 spiro atoms. The quantitative estimate of drug-likeness (QED) is 0.388. The highest BCUT2D eigenvalue weighted by atomic mass is 32.2. The molecular formula is C27H45N3O4S. The summed E-state index contributed by atoms with van der Waals surface area (Å²) in [5, 5.41) is 5.83. The minimum absolute atomic E-state index is 0.00843. The second-order valence-electron chi connectivity index (χ2n) is 9.80. The summed E-state index contributed by atoms with van der Waals surface area (Å²) in [5.41, 5.74) is 1.23. The van der Waals surface area contributed by atoms with Gasteiger partial charge in [0, 0.05) is 12.6 Å². The summed E-state index contributed by atoms with van der Waals surface area (Å²) in [6.45, 7) is 13.6. The van der Waals surface area contributed by atoms with Gasteiger partial charge in [0.25, 0.3) is 0 Å². The van der Waals surface area contributed by atoms with Crippen molar-refractivity contribution in [1.29, 1.82) is 0 Å². The van der Waals surface area contributed by atoms with Crippen LogP contribution in [0.5, 0.6) is 0 Å². The molecular weight excluding hydrogens is 462 g/mol. The van der Waals surface area contributed by atoms with Crippen LogP contribution >= 0.6 is 11.8 Å². The Morgan fingerprint density at radius 3 is 2.14 bits per heavy atom. The molecule has 3 amide bonds. The van der Waals surface area contributed by atoms with Crippen LogP contribution in [0.2, 0.25) is 0 Å². The number of carbonyl (C=O) groups is 3. The van der Waals surface area contributed by atoms with Gasteiger partial charge in [-0.15, -0.1) is 0 Å². The van der Waals surface area contributed by atoms with Crippen molar-refractivity contribution in [2.24, 2.45) is 0 Å². The Labute approximate surface area is 216 Å². The van der Waals surface area contributed by atoms with E-state index in [1.807, 2.05) is 44.4 Å². The van der Waals surface area contributed by atoms with E-state index < -0.39 is 23.8 Å². The fourth-order valence-corrected chi connectivity index (χ4v) is 4.32. The number of carbonyl (C=O) groups excluding carboxylic acids is 3. The molecule has 1 aromatic carbocycles. The minimum atomic E-state index is -0.796. The van der Waals surface area contributed by atoms with Crippen LogP contribution in [0.3, 0.4) is 0 Å². The number of hydrogen-bond acceptors (Lipinski definition) is 5. The number of benzene rings is 1. The monoisotopic (exact) mass is 507 g/mol. The summed E-state index contributed by atoms with van der Waals surface area (Å²) in [5.74, 6) is 0.167. The standard InChI is InChI=1S/C27H45N3O4S/c1-9-12-19(4)28-24(31)23(21-15-13-20(10-2)14-16-21)30(11-3)25(32)22(17-18-35-8)29-26(33)34-27(5,6)7/h13-16,19,22-23H,9-12,17-18H2,1-8H3,(H,28,31)(H,29,33). The predicted molar refractivity (Wildman–Crippen MR) is 145 cm³/mol. The first-order valence-corrected chi connectivity index (χ1v) is 14.0. The van der Waals surface area contributed by atoms with Crippen molar-refractivity contribution >= 4 is 29.7 Å². The maximum absolute atomic E-state index is 13.8. The Hall–Kier alpha value is -2.22. The molecule has 198 valence electrons. The molecule has 8 heteroatoms. The second-order valence-corrected chi connectivity index (χ2v) is 10.8. The predicted octanol–water partition coefficient (Wildman–Crippen LogP) is 5.09. The normalized spacial score (nSPS) is 13.9. The lowest BCUT2D eigenvalue weighted by atomic mass is 9.99. The van der Waals surface area contributed by atoms with Crippen molar-refractivity contribution in [3.63, 3.8) is 0 Å². The largest absolute Gasteiger partial charge is 0.444 e. The third-order valence-corrected chi connectivity index (χ3v) is 6.24. The SMILES string of the molecule is CCCC(C)NC(=O)C(c1ccc(CC)cc1)N(CC)C(=O)C(CCSC)NC(=O)OC(C)(C)C. The van der Waals surface area contributed by atoms with Gasteiger partial charge in [-0.3, -0.25) is 9.59 Å². The first-order valence-electron chi connectivity index (χ1n) is 12.6. The molecule has 0 radical (unpaired) electrons. The number of rotatable bonds is 13. The number of aryl methyl sites for hydroxylation is 1. The van der Waals surface area contributed by atoms with Gasteiger partial charge < -0.3 is 20.3 Å². The lowest BCUT2D eigenvalue weighted by Crippen LogP contribution is -2.53. The molecule has 0 heterocycles. The topological polar surface area (TPSA) is 87.7 Å². The number of alkyl carbamates (subject to hydrolysis) is 1. The summed E-state index contributed by atoms with van der Waals surface area (Å²) in [7, 11) is 0. The van der Waals surface area contributed by atoms with E-state index in [0.29, 0.717) is 18.7 Å². The highest BCUT2D eigenvalue weighted by molar-refractivity contribution is 7.98. The maximum atomic E-state index is 13.8. The smallest absolute Gasteiger partial charge is 0.408 e. The first-order chi connectivity index (χ1) is 16.5. The molecule has 0 saturated carbocycles. The van der Waals surface area contributed by atoms with Crippen molar-refractivity contribution < 1.29 is 19.1 Å². The zero-order chi connectivity index (χ0) is 26.6. The van der Waals surface area contributed by atoms with E-state index in [9.17, 15) is 14.4 Å². The molecule has 3 atom stereocenters.